The summed E-state index contributed by atoms with van der Waals surface area (Å²) in [6.07, 6.45) is 0. The van der Waals surface area contributed by atoms with E-state index in [9.17, 15) is 38.7 Å². The van der Waals surface area contributed by atoms with Crippen molar-refractivity contribution in [3.63, 3.8) is 0 Å². The normalized spacial score (nSPS) is 17.5. The molecule has 3 amide bonds. The number of esters is 3. The van der Waals surface area contributed by atoms with Gasteiger partial charge in [0.2, 0.25) is 5.60 Å². The zero-order valence-electron chi connectivity index (χ0n) is 25.6. The molecule has 1 aromatic carbocycles. The van der Waals surface area contributed by atoms with Gasteiger partial charge in [-0.3, -0.25) is 28.9 Å². The molecule has 20 heteroatoms. The van der Waals surface area contributed by atoms with Gasteiger partial charge in [-0.2, -0.15) is 0 Å². The summed E-state index contributed by atoms with van der Waals surface area (Å²) in [5, 5.41) is 16.9. The number of anilines is 1. The van der Waals surface area contributed by atoms with E-state index in [4.69, 9.17) is 30.5 Å². The van der Waals surface area contributed by atoms with Crippen molar-refractivity contribution in [2.75, 3.05) is 18.1 Å². The number of carboxylic acid groups (broad SMARTS) is 1. The van der Waals surface area contributed by atoms with E-state index >= 15 is 0 Å². The minimum Gasteiger partial charge on any atom is -0.477 e. The lowest BCUT2D eigenvalue weighted by Crippen LogP contribution is -2.71. The number of ether oxygens (including phenoxy) is 3. The van der Waals surface area contributed by atoms with E-state index in [0.717, 1.165) is 47.9 Å². The van der Waals surface area contributed by atoms with Gasteiger partial charge >= 0.3 is 23.9 Å². The highest BCUT2D eigenvalue weighted by Crippen LogP contribution is 2.40. The zero-order valence-corrected chi connectivity index (χ0v) is 27.3. The number of thioether (sulfide) groups is 1. The third-order valence-electron chi connectivity index (χ3n) is 6.54. The van der Waals surface area contributed by atoms with Crippen LogP contribution >= 0.6 is 23.1 Å². The maximum Gasteiger partial charge on any atom is 0.352 e. The fourth-order valence-corrected chi connectivity index (χ4v) is 6.03. The number of β-lactam (4-membered cyclic amide) rings is 1. The van der Waals surface area contributed by atoms with E-state index in [1.54, 1.807) is 0 Å². The maximum absolute atomic E-state index is 13.3. The number of nitrogens with zero attached hydrogens (tertiary/aromatic N) is 3. The molecule has 2 atom stereocenters. The Morgan fingerprint density at radius 2 is 1.79 bits per heavy atom. The molecule has 0 radical (unpaired) electrons. The Kier molecular flexibility index (Phi) is 10.4. The van der Waals surface area contributed by atoms with Crippen LogP contribution in [0.4, 0.5) is 5.13 Å². The standard InChI is InChI=1S/C28H28N6O12S2/c1-11(35)44-16-6-5-13(7-17(16)45-12(2)36)25(41)43-8-14-9-47-23-19(22(38)34(23)20(14)24(39)40)32-21(37)18(15-10-48-27(30)31-15)33-46-28(3,4)26(29)42/h5-7,10,19,23H,8-9H2,1-4H3,(H2,29,42)(H2,30,31)(H,32,37)(H,39,40)/t19-,23-/m1/s1. The van der Waals surface area contributed by atoms with Crippen molar-refractivity contribution in [3.8, 4) is 11.5 Å². The van der Waals surface area contributed by atoms with Gasteiger partial charge in [0, 0.05) is 30.6 Å². The topological polar surface area (TPSA) is 269 Å². The van der Waals surface area contributed by atoms with Crippen LogP contribution in [0.5, 0.6) is 11.5 Å². The van der Waals surface area contributed by atoms with Crippen molar-refractivity contribution < 1.29 is 57.7 Å². The van der Waals surface area contributed by atoms with Crippen LogP contribution in [0.3, 0.4) is 0 Å². The average Bonchev–Trinajstić information content (AvgIpc) is 3.43. The van der Waals surface area contributed by atoms with Gasteiger partial charge < -0.3 is 40.9 Å². The smallest absolute Gasteiger partial charge is 0.352 e. The Morgan fingerprint density at radius 3 is 2.38 bits per heavy atom. The van der Waals surface area contributed by atoms with Crippen LogP contribution in [0.2, 0.25) is 0 Å². The highest BCUT2D eigenvalue weighted by molar-refractivity contribution is 8.00. The molecule has 0 bridgehead atoms. The van der Waals surface area contributed by atoms with Crippen LogP contribution in [0, 0.1) is 0 Å². The Bertz CT molecular complexity index is 1780. The van der Waals surface area contributed by atoms with Crippen LogP contribution < -0.4 is 26.3 Å². The third kappa shape index (κ3) is 7.72. The number of carbonyl (C=O) groups excluding carboxylic acids is 6. The summed E-state index contributed by atoms with van der Waals surface area (Å²) in [4.78, 5) is 96.3. The Balaban J connectivity index is 1.50. The minimum absolute atomic E-state index is 0.000699. The second-order valence-corrected chi connectivity index (χ2v) is 12.5. The number of primary amides is 1. The number of benzene rings is 1. The van der Waals surface area contributed by atoms with Crippen LogP contribution in [-0.4, -0.2) is 91.7 Å². The molecule has 6 N–H and O–H groups in total. The van der Waals surface area contributed by atoms with Crippen LogP contribution in [0.1, 0.15) is 43.7 Å². The second kappa shape index (κ2) is 14.1. The van der Waals surface area contributed by atoms with E-state index in [1.165, 1.54) is 31.4 Å². The molecule has 3 heterocycles. The number of hydrogen-bond donors (Lipinski definition) is 4. The predicted octanol–water partition coefficient (Wildman–Crippen LogP) is 0.156. The van der Waals surface area contributed by atoms with Gasteiger partial charge in [-0.1, -0.05) is 5.16 Å². The number of oxime groups is 1. The fourth-order valence-electron chi connectivity index (χ4n) is 4.15. The molecule has 48 heavy (non-hydrogen) atoms. The van der Waals surface area contributed by atoms with Gasteiger partial charge in [-0.15, -0.1) is 23.1 Å². The molecule has 254 valence electrons. The summed E-state index contributed by atoms with van der Waals surface area (Å²) in [7, 11) is 0. The molecule has 2 aliphatic rings. The quantitative estimate of drug-likeness (QED) is 0.0753. The molecular formula is C28H28N6O12S2. The summed E-state index contributed by atoms with van der Waals surface area (Å²) < 4.78 is 15.3. The summed E-state index contributed by atoms with van der Waals surface area (Å²) in [6.45, 7) is 4.37. The lowest BCUT2D eigenvalue weighted by molar-refractivity contribution is -0.150. The Hall–Kier alpha value is -5.50. The van der Waals surface area contributed by atoms with Crippen molar-refractivity contribution in [2.45, 2.75) is 44.7 Å². The minimum atomic E-state index is -1.60. The molecule has 0 spiro atoms. The zero-order chi connectivity index (χ0) is 35.5. The number of rotatable bonds is 12. The number of aliphatic carboxylic acids is 1. The molecule has 2 aliphatic heterocycles. The first-order chi connectivity index (χ1) is 22.5. The van der Waals surface area contributed by atoms with E-state index in [1.807, 2.05) is 0 Å². The predicted molar refractivity (Wildman–Crippen MR) is 166 cm³/mol. The van der Waals surface area contributed by atoms with E-state index < -0.39 is 76.6 Å². The third-order valence-corrected chi connectivity index (χ3v) is 8.55. The van der Waals surface area contributed by atoms with E-state index in [-0.39, 0.29) is 39.2 Å². The monoisotopic (exact) mass is 704 g/mol. The van der Waals surface area contributed by atoms with E-state index in [2.05, 4.69) is 15.5 Å². The number of amides is 3. The molecule has 1 saturated heterocycles. The highest BCUT2D eigenvalue weighted by atomic mass is 32.2. The van der Waals surface area contributed by atoms with Crippen LogP contribution in [0.15, 0.2) is 40.0 Å². The second-order valence-electron chi connectivity index (χ2n) is 10.5. The van der Waals surface area contributed by atoms with Gasteiger partial charge in [0.25, 0.3) is 17.7 Å². The lowest BCUT2D eigenvalue weighted by atomic mass is 10.0. The summed E-state index contributed by atoms with van der Waals surface area (Å²) >= 11 is 2.10. The van der Waals surface area contributed by atoms with Crippen molar-refractivity contribution >= 4 is 75.5 Å². The Labute approximate surface area is 279 Å². The molecule has 0 saturated carbocycles. The first kappa shape index (κ1) is 35.4. The summed E-state index contributed by atoms with van der Waals surface area (Å²) in [6, 6.07) is 2.39. The maximum atomic E-state index is 13.3. The lowest BCUT2D eigenvalue weighted by Gasteiger charge is -2.49. The fraction of sp³-hybridized carbons (Fsp3) is 0.321. The summed E-state index contributed by atoms with van der Waals surface area (Å²) in [5.74, 6) is -6.76. The molecule has 18 nitrogen and oxygen atoms in total. The van der Waals surface area contributed by atoms with Gasteiger partial charge in [0.15, 0.2) is 22.3 Å². The molecule has 1 aromatic heterocycles. The van der Waals surface area contributed by atoms with Gasteiger partial charge in [0.1, 0.15) is 29.4 Å². The van der Waals surface area contributed by atoms with Gasteiger partial charge in [0.05, 0.1) is 5.56 Å². The molecular weight excluding hydrogens is 676 g/mol. The first-order valence-corrected chi connectivity index (χ1v) is 15.6. The summed E-state index contributed by atoms with van der Waals surface area (Å²) in [5.41, 5.74) is 8.53. The number of carboxylic acids is 1. The molecule has 0 aliphatic carbocycles. The number of carbonyl (C=O) groups is 7. The van der Waals surface area contributed by atoms with Crippen LogP contribution in [-0.2, 0) is 38.3 Å². The number of aromatic nitrogens is 1. The van der Waals surface area contributed by atoms with E-state index in [0.29, 0.717) is 0 Å². The highest BCUT2D eigenvalue weighted by Gasteiger charge is 2.54. The van der Waals surface area contributed by atoms with Crippen molar-refractivity contribution in [3.05, 3.63) is 46.1 Å². The SMILES string of the molecule is CC(=O)Oc1ccc(C(=O)OCC2=C(C(=O)O)N3C(=O)[C@@H](NC(=O)C(=NOC(C)(C)C(N)=O)c4csc(N)n4)[C@H]3SC2)cc1OC(C)=O. The number of nitrogens with two attached hydrogens (primary N) is 2. The number of hydrogen-bond acceptors (Lipinski definition) is 16. The van der Waals surface area contributed by atoms with Gasteiger partial charge in [-0.25, -0.2) is 14.6 Å². The van der Waals surface area contributed by atoms with Crippen molar-refractivity contribution in [1.29, 1.82) is 0 Å². The van der Waals surface area contributed by atoms with Gasteiger partial charge in [-0.05, 0) is 32.0 Å². The first-order valence-electron chi connectivity index (χ1n) is 13.7. The van der Waals surface area contributed by atoms with Crippen LogP contribution in [0.25, 0.3) is 0 Å². The number of nitrogens with one attached hydrogen (secondary N) is 1. The average molecular weight is 705 g/mol. The van der Waals surface area contributed by atoms with Crippen molar-refractivity contribution in [1.82, 2.24) is 15.2 Å². The Morgan fingerprint density at radius 1 is 1.12 bits per heavy atom. The molecule has 4 rings (SSSR count). The number of nitrogen functional groups attached to an aromatic ring is 1. The molecule has 0 unspecified atom stereocenters. The number of fused-ring (bicyclic) bond motifs is 1. The van der Waals surface area contributed by atoms with Crippen molar-refractivity contribution in [2.24, 2.45) is 10.9 Å². The molecule has 1 fully saturated rings. The number of thiazole rings is 1. The molecule has 2 aromatic rings. The largest absolute Gasteiger partial charge is 0.477 e.